The molecule has 5 nitrogen and oxygen atoms in total. The third kappa shape index (κ3) is 6.43. The summed E-state index contributed by atoms with van der Waals surface area (Å²) in [5.41, 5.74) is 0.358. The molecule has 0 saturated carbocycles. The first-order valence-electron chi connectivity index (χ1n) is 7.58. The highest BCUT2D eigenvalue weighted by Crippen LogP contribution is 2.17. The van der Waals surface area contributed by atoms with Gasteiger partial charge in [0.05, 0.1) is 0 Å². The zero-order valence-electron chi connectivity index (χ0n) is 14.1. The van der Waals surface area contributed by atoms with E-state index in [1.807, 2.05) is 20.8 Å². The lowest BCUT2D eigenvalue weighted by Crippen LogP contribution is -2.40. The van der Waals surface area contributed by atoms with Crippen molar-refractivity contribution in [3.8, 4) is 0 Å². The van der Waals surface area contributed by atoms with E-state index in [-0.39, 0.29) is 18.0 Å². The van der Waals surface area contributed by atoms with Crippen LogP contribution in [0.5, 0.6) is 0 Å². The highest BCUT2D eigenvalue weighted by molar-refractivity contribution is 5.88. The Kier molecular flexibility index (Phi) is 6.35. The topological polar surface area (TPSA) is 55.8 Å². The van der Waals surface area contributed by atoms with Gasteiger partial charge in [-0.25, -0.2) is 9.59 Å². The summed E-state index contributed by atoms with van der Waals surface area (Å²) >= 11 is 0. The number of carbonyl (C=O) groups is 2. The average molecular weight is 309 g/mol. The summed E-state index contributed by atoms with van der Waals surface area (Å²) in [7, 11) is 0. The molecule has 1 saturated heterocycles. The lowest BCUT2D eigenvalue weighted by molar-refractivity contribution is -0.150. The van der Waals surface area contributed by atoms with Crippen LogP contribution in [0, 0.1) is 0 Å². The third-order valence-corrected chi connectivity index (χ3v) is 3.26. The molecule has 0 aromatic rings. The molecule has 0 aromatic heterocycles. The van der Waals surface area contributed by atoms with Crippen molar-refractivity contribution in [2.24, 2.45) is 0 Å². The lowest BCUT2D eigenvalue weighted by Gasteiger charge is -2.32. The van der Waals surface area contributed by atoms with E-state index in [0.29, 0.717) is 17.7 Å². The molecule has 0 N–H and O–H groups in total. The van der Waals surface area contributed by atoms with Crippen molar-refractivity contribution in [3.63, 3.8) is 0 Å². The monoisotopic (exact) mass is 309 g/mol. The normalized spacial score (nSPS) is 16.9. The van der Waals surface area contributed by atoms with Crippen molar-refractivity contribution in [2.75, 3.05) is 19.6 Å². The number of rotatable bonds is 5. The Hall–Kier alpha value is -1.62. The molecule has 0 aliphatic carbocycles. The van der Waals surface area contributed by atoms with Gasteiger partial charge in [0, 0.05) is 30.8 Å². The van der Waals surface area contributed by atoms with Gasteiger partial charge in [0.2, 0.25) is 0 Å². The number of carbonyl (C=O) groups excluding carboxylic acids is 2. The van der Waals surface area contributed by atoms with Crippen LogP contribution in [-0.2, 0) is 19.1 Å². The second-order valence-corrected chi connectivity index (χ2v) is 6.77. The Morgan fingerprint density at radius 1 is 1.14 bits per heavy atom. The molecule has 0 spiro atoms. The zero-order chi connectivity index (χ0) is 16.9. The summed E-state index contributed by atoms with van der Waals surface area (Å²) < 4.78 is 10.6. The Morgan fingerprint density at radius 2 is 1.68 bits per heavy atom. The predicted molar refractivity (Wildman–Crippen MR) is 85.4 cm³/mol. The smallest absolute Gasteiger partial charge is 0.335 e. The highest BCUT2D eigenvalue weighted by Gasteiger charge is 2.25. The van der Waals surface area contributed by atoms with Gasteiger partial charge in [-0.2, -0.15) is 0 Å². The van der Waals surface area contributed by atoms with E-state index in [9.17, 15) is 9.59 Å². The third-order valence-electron chi connectivity index (χ3n) is 3.26. The first-order chi connectivity index (χ1) is 10.1. The molecule has 22 heavy (non-hydrogen) atoms. The van der Waals surface area contributed by atoms with Crippen LogP contribution in [0.1, 0.15) is 40.5 Å². The van der Waals surface area contributed by atoms with E-state index in [4.69, 9.17) is 9.47 Å². The van der Waals surface area contributed by atoms with Gasteiger partial charge in [-0.15, -0.1) is 0 Å². The van der Waals surface area contributed by atoms with Gasteiger partial charge in [-0.05, 0) is 40.5 Å². The number of ether oxygens (including phenoxy) is 2. The molecule has 0 bridgehead atoms. The van der Waals surface area contributed by atoms with Crippen molar-refractivity contribution in [1.29, 1.82) is 0 Å². The minimum absolute atomic E-state index is 0.0739. The van der Waals surface area contributed by atoms with Gasteiger partial charge < -0.3 is 9.47 Å². The lowest BCUT2D eigenvalue weighted by atomic mass is 10.1. The molecule has 0 unspecified atom stereocenters. The quantitative estimate of drug-likeness (QED) is 0.577. The maximum absolute atomic E-state index is 11.9. The molecular formula is C17H27NO4. The summed E-state index contributed by atoms with van der Waals surface area (Å²) in [6.45, 7) is 16.5. The maximum Gasteiger partial charge on any atom is 0.335 e. The second-order valence-electron chi connectivity index (χ2n) is 6.77. The number of likely N-dealkylation sites (tertiary alicyclic amines) is 1. The van der Waals surface area contributed by atoms with Crippen LogP contribution in [0.25, 0.3) is 0 Å². The molecule has 5 heteroatoms. The van der Waals surface area contributed by atoms with E-state index in [0.717, 1.165) is 25.9 Å². The van der Waals surface area contributed by atoms with Crippen molar-refractivity contribution < 1.29 is 19.1 Å². The molecule has 1 aliphatic rings. The van der Waals surface area contributed by atoms with E-state index in [1.165, 1.54) is 0 Å². The van der Waals surface area contributed by atoms with Crippen LogP contribution in [0.4, 0.5) is 0 Å². The molecule has 1 heterocycles. The Labute approximate surface area is 133 Å². The van der Waals surface area contributed by atoms with Crippen molar-refractivity contribution >= 4 is 11.9 Å². The number of piperidine rings is 1. The number of nitrogens with zero attached hydrogens (tertiary/aromatic N) is 1. The SMILES string of the molecule is C=C(C)C(=O)OC1CCN(CC(=C)C(=O)OC(C)(C)C)CC1. The van der Waals surface area contributed by atoms with Gasteiger partial charge >= 0.3 is 11.9 Å². The second kappa shape index (κ2) is 7.58. The molecule has 0 atom stereocenters. The minimum Gasteiger partial charge on any atom is -0.459 e. The van der Waals surface area contributed by atoms with Gasteiger partial charge in [-0.3, -0.25) is 4.90 Å². The van der Waals surface area contributed by atoms with E-state index in [2.05, 4.69) is 18.1 Å². The molecule has 1 rings (SSSR count). The summed E-state index contributed by atoms with van der Waals surface area (Å²) in [6.07, 6.45) is 1.43. The predicted octanol–water partition coefficient (Wildman–Crippen LogP) is 2.47. The molecule has 0 amide bonds. The van der Waals surface area contributed by atoms with E-state index < -0.39 is 5.60 Å². The molecule has 1 fully saturated rings. The fraction of sp³-hybridized carbons (Fsp3) is 0.647. The summed E-state index contributed by atoms with van der Waals surface area (Å²) in [5, 5.41) is 0. The molecule has 124 valence electrons. The summed E-state index contributed by atoms with van der Waals surface area (Å²) in [4.78, 5) is 25.5. The van der Waals surface area contributed by atoms with Crippen LogP contribution >= 0.6 is 0 Å². The highest BCUT2D eigenvalue weighted by atomic mass is 16.6. The van der Waals surface area contributed by atoms with Crippen LogP contribution in [0.15, 0.2) is 24.3 Å². The molecule has 1 aliphatic heterocycles. The summed E-state index contributed by atoms with van der Waals surface area (Å²) in [6, 6.07) is 0. The number of esters is 2. The van der Waals surface area contributed by atoms with Crippen molar-refractivity contribution in [3.05, 3.63) is 24.3 Å². The van der Waals surface area contributed by atoms with Crippen molar-refractivity contribution in [2.45, 2.75) is 52.2 Å². The first-order valence-corrected chi connectivity index (χ1v) is 7.58. The fourth-order valence-corrected chi connectivity index (χ4v) is 2.12. The first kappa shape index (κ1) is 18.4. The molecule has 0 aromatic carbocycles. The van der Waals surface area contributed by atoms with Gasteiger partial charge in [0.1, 0.15) is 11.7 Å². The average Bonchev–Trinajstić information content (AvgIpc) is 2.38. The summed E-state index contributed by atoms with van der Waals surface area (Å²) in [5.74, 6) is -0.694. The maximum atomic E-state index is 11.9. The zero-order valence-corrected chi connectivity index (χ0v) is 14.1. The fourth-order valence-electron chi connectivity index (χ4n) is 2.12. The van der Waals surface area contributed by atoms with E-state index >= 15 is 0 Å². The van der Waals surface area contributed by atoms with Crippen LogP contribution in [0.2, 0.25) is 0 Å². The standard InChI is InChI=1S/C17H27NO4/c1-12(2)15(19)21-14-7-9-18(10-8-14)11-13(3)16(20)22-17(4,5)6/h14H,1,3,7-11H2,2,4-6H3. The van der Waals surface area contributed by atoms with Crippen LogP contribution in [0.3, 0.4) is 0 Å². The van der Waals surface area contributed by atoms with Crippen LogP contribution in [-0.4, -0.2) is 48.2 Å². The van der Waals surface area contributed by atoms with Gasteiger partial charge in [0.25, 0.3) is 0 Å². The van der Waals surface area contributed by atoms with Crippen molar-refractivity contribution in [1.82, 2.24) is 4.90 Å². The van der Waals surface area contributed by atoms with Gasteiger partial charge in [0.15, 0.2) is 0 Å². The number of hydrogen-bond acceptors (Lipinski definition) is 5. The van der Waals surface area contributed by atoms with Crippen LogP contribution < -0.4 is 0 Å². The largest absolute Gasteiger partial charge is 0.459 e. The molecule has 0 radical (unpaired) electrons. The van der Waals surface area contributed by atoms with Gasteiger partial charge in [-0.1, -0.05) is 13.2 Å². The Balaban J connectivity index is 2.36. The Bertz CT molecular complexity index is 454. The minimum atomic E-state index is -0.510. The molecular weight excluding hydrogens is 282 g/mol. The number of hydrogen-bond donors (Lipinski definition) is 0. The Morgan fingerprint density at radius 3 is 2.14 bits per heavy atom. The van der Waals surface area contributed by atoms with E-state index in [1.54, 1.807) is 6.92 Å².